The molecule has 2 amide bonds. The zero-order valence-electron chi connectivity index (χ0n) is 11.0. The molecule has 1 saturated heterocycles. The van der Waals surface area contributed by atoms with Gasteiger partial charge in [-0.05, 0) is 18.2 Å². The number of likely N-dealkylation sites (N-methyl/N-ethyl adjacent to an activating group) is 1. The number of aromatic amines is 1. The van der Waals surface area contributed by atoms with Crippen molar-refractivity contribution in [3.8, 4) is 0 Å². The zero-order chi connectivity index (χ0) is 15.3. The first-order chi connectivity index (χ1) is 9.90. The molecule has 8 nitrogen and oxygen atoms in total. The molecule has 0 saturated carbocycles. The molecule has 1 aromatic carbocycles. The van der Waals surface area contributed by atoms with Gasteiger partial charge in [0.05, 0.1) is 23.0 Å². The van der Waals surface area contributed by atoms with Crippen LogP contribution in [-0.4, -0.2) is 44.4 Å². The minimum Gasteiger partial charge on any atom is -0.478 e. The number of amides is 2. The molecule has 1 atom stereocenters. The molecule has 0 aliphatic carbocycles. The topological polar surface area (TPSA) is 112 Å². The Balaban J connectivity index is 2.23. The highest BCUT2D eigenvalue weighted by Crippen LogP contribution is 2.25. The van der Waals surface area contributed by atoms with Crippen LogP contribution in [0.15, 0.2) is 23.0 Å². The Morgan fingerprint density at radius 1 is 1.33 bits per heavy atom. The van der Waals surface area contributed by atoms with Crippen LogP contribution in [0.3, 0.4) is 0 Å². The van der Waals surface area contributed by atoms with E-state index in [2.05, 4.69) is 4.98 Å². The lowest BCUT2D eigenvalue weighted by molar-refractivity contribution is -0.137. The molecule has 3 rings (SSSR count). The molecule has 2 heterocycles. The van der Waals surface area contributed by atoms with E-state index in [0.29, 0.717) is 11.0 Å². The Kier molecular flexibility index (Phi) is 2.68. The largest absolute Gasteiger partial charge is 0.478 e. The molecule has 1 fully saturated rings. The van der Waals surface area contributed by atoms with Gasteiger partial charge >= 0.3 is 11.7 Å². The number of imidazole rings is 1. The van der Waals surface area contributed by atoms with E-state index in [-0.39, 0.29) is 17.9 Å². The molecule has 2 aromatic rings. The van der Waals surface area contributed by atoms with Crippen molar-refractivity contribution in [2.75, 3.05) is 7.05 Å². The first-order valence-corrected chi connectivity index (χ1v) is 6.18. The average Bonchev–Trinajstić information content (AvgIpc) is 2.89. The first kappa shape index (κ1) is 13.1. The number of carbonyl (C=O) groups is 3. The molecule has 8 heteroatoms. The quantitative estimate of drug-likeness (QED) is 0.753. The third kappa shape index (κ3) is 1.83. The lowest BCUT2D eigenvalue weighted by atomic mass is 10.2. The van der Waals surface area contributed by atoms with Gasteiger partial charge in [-0.1, -0.05) is 0 Å². The zero-order valence-corrected chi connectivity index (χ0v) is 11.0. The highest BCUT2D eigenvalue weighted by Gasteiger charge is 2.38. The molecule has 1 aromatic heterocycles. The van der Waals surface area contributed by atoms with E-state index < -0.39 is 23.6 Å². The van der Waals surface area contributed by atoms with Crippen LogP contribution in [0.1, 0.15) is 22.8 Å². The third-order valence-electron chi connectivity index (χ3n) is 3.63. The van der Waals surface area contributed by atoms with E-state index in [0.717, 1.165) is 9.47 Å². The van der Waals surface area contributed by atoms with Gasteiger partial charge in [0.1, 0.15) is 6.04 Å². The van der Waals surface area contributed by atoms with Crippen molar-refractivity contribution in [3.63, 3.8) is 0 Å². The van der Waals surface area contributed by atoms with Crippen LogP contribution in [-0.2, 0) is 9.59 Å². The molecule has 0 spiro atoms. The van der Waals surface area contributed by atoms with Crippen LogP contribution in [0.4, 0.5) is 0 Å². The van der Waals surface area contributed by atoms with Crippen molar-refractivity contribution in [2.45, 2.75) is 12.5 Å². The number of nitrogens with one attached hydrogen (secondary N) is 1. The second-order valence-corrected chi connectivity index (χ2v) is 4.85. The molecule has 2 N–H and O–H groups in total. The second-order valence-electron chi connectivity index (χ2n) is 4.85. The normalized spacial score (nSPS) is 18.7. The fraction of sp³-hybridized carbons (Fsp3) is 0.231. The number of rotatable bonds is 2. The highest BCUT2D eigenvalue weighted by atomic mass is 16.4. The minimum absolute atomic E-state index is 0.000349. The summed E-state index contributed by atoms with van der Waals surface area (Å²) in [6.07, 6.45) is -0.112. The lowest BCUT2D eigenvalue weighted by Crippen LogP contribution is -2.30. The predicted molar refractivity (Wildman–Crippen MR) is 70.9 cm³/mol. The summed E-state index contributed by atoms with van der Waals surface area (Å²) in [4.78, 5) is 50.2. The van der Waals surface area contributed by atoms with Crippen molar-refractivity contribution in [2.24, 2.45) is 0 Å². The number of hydrogen-bond acceptors (Lipinski definition) is 4. The number of benzene rings is 1. The number of carboxylic acid groups (broad SMARTS) is 1. The number of aromatic nitrogens is 2. The molecule has 0 radical (unpaired) electrons. The van der Waals surface area contributed by atoms with Gasteiger partial charge < -0.3 is 10.1 Å². The number of likely N-dealkylation sites (tertiary alicyclic amines) is 1. The maximum Gasteiger partial charge on any atom is 0.335 e. The fourth-order valence-electron chi connectivity index (χ4n) is 2.50. The van der Waals surface area contributed by atoms with Crippen molar-refractivity contribution in [1.82, 2.24) is 14.5 Å². The van der Waals surface area contributed by atoms with Crippen molar-refractivity contribution >= 4 is 28.8 Å². The number of carboxylic acids is 1. The summed E-state index contributed by atoms with van der Waals surface area (Å²) in [6, 6.07) is 3.19. The Bertz CT molecular complexity index is 847. The summed E-state index contributed by atoms with van der Waals surface area (Å²) in [5.74, 6) is -1.99. The molecule has 108 valence electrons. The third-order valence-corrected chi connectivity index (χ3v) is 3.63. The number of nitrogens with zero attached hydrogens (tertiary/aromatic N) is 2. The molecule has 1 unspecified atom stereocenters. The van der Waals surface area contributed by atoms with Crippen LogP contribution in [0, 0.1) is 0 Å². The van der Waals surface area contributed by atoms with E-state index in [9.17, 15) is 19.2 Å². The minimum atomic E-state index is -1.14. The second kappa shape index (κ2) is 4.30. The lowest BCUT2D eigenvalue weighted by Gasteiger charge is -2.10. The predicted octanol–water partition coefficient (Wildman–Crippen LogP) is -0.0424. The van der Waals surface area contributed by atoms with E-state index >= 15 is 0 Å². The number of aromatic carboxylic acids is 1. The van der Waals surface area contributed by atoms with Crippen molar-refractivity contribution in [3.05, 3.63) is 34.2 Å². The molecule has 1 aliphatic heterocycles. The SMILES string of the molecule is CN1C(=O)CC(n2c(=O)[nH]c3ccc(C(=O)O)cc32)C1=O. The number of imide groups is 1. The number of hydrogen-bond donors (Lipinski definition) is 2. The van der Waals surface area contributed by atoms with E-state index in [1.807, 2.05) is 0 Å². The highest BCUT2D eigenvalue weighted by molar-refractivity contribution is 6.05. The molecule has 21 heavy (non-hydrogen) atoms. The Labute approximate surface area is 117 Å². The van der Waals surface area contributed by atoms with E-state index in [1.165, 1.54) is 25.2 Å². The standard InChI is InChI=1S/C13H11N3O5/c1-15-10(17)5-9(11(15)18)16-8-4-6(12(19)20)2-3-7(8)14-13(16)21/h2-4,9H,5H2,1H3,(H,14,21)(H,19,20). The maximum atomic E-state index is 12.0. The summed E-state index contributed by atoms with van der Waals surface area (Å²) in [6.45, 7) is 0. The van der Waals surface area contributed by atoms with Crippen LogP contribution in [0.5, 0.6) is 0 Å². The first-order valence-electron chi connectivity index (χ1n) is 6.18. The monoisotopic (exact) mass is 289 g/mol. The molecular weight excluding hydrogens is 278 g/mol. The van der Waals surface area contributed by atoms with Gasteiger partial charge in [0.15, 0.2) is 0 Å². The molecule has 1 aliphatic rings. The Morgan fingerprint density at radius 3 is 2.62 bits per heavy atom. The summed E-state index contributed by atoms with van der Waals surface area (Å²) >= 11 is 0. The van der Waals surface area contributed by atoms with Crippen LogP contribution < -0.4 is 5.69 Å². The Hall–Kier alpha value is -2.90. The maximum absolute atomic E-state index is 12.0. The van der Waals surface area contributed by atoms with Gasteiger partial charge in [0, 0.05) is 7.05 Å². The van der Waals surface area contributed by atoms with Crippen molar-refractivity contribution < 1.29 is 19.5 Å². The summed E-state index contributed by atoms with van der Waals surface area (Å²) in [5.41, 5.74) is 0.163. The summed E-state index contributed by atoms with van der Waals surface area (Å²) in [5, 5.41) is 9.02. The molecule has 0 bridgehead atoms. The smallest absolute Gasteiger partial charge is 0.335 e. The Morgan fingerprint density at radius 2 is 2.05 bits per heavy atom. The van der Waals surface area contributed by atoms with Gasteiger partial charge in [-0.3, -0.25) is 19.1 Å². The van der Waals surface area contributed by atoms with E-state index in [1.54, 1.807) is 0 Å². The number of carbonyl (C=O) groups excluding carboxylic acids is 2. The van der Waals surface area contributed by atoms with Gasteiger partial charge in [-0.2, -0.15) is 0 Å². The van der Waals surface area contributed by atoms with Crippen molar-refractivity contribution in [1.29, 1.82) is 0 Å². The van der Waals surface area contributed by atoms with Gasteiger partial charge in [0.2, 0.25) is 5.91 Å². The van der Waals surface area contributed by atoms with Gasteiger partial charge in [0.25, 0.3) is 5.91 Å². The summed E-state index contributed by atoms with van der Waals surface area (Å²) < 4.78 is 1.14. The molecular formula is C13H11N3O5. The summed E-state index contributed by atoms with van der Waals surface area (Å²) in [7, 11) is 1.35. The number of fused-ring (bicyclic) bond motifs is 1. The number of H-pyrrole nitrogens is 1. The van der Waals surface area contributed by atoms with Crippen LogP contribution >= 0.6 is 0 Å². The average molecular weight is 289 g/mol. The van der Waals surface area contributed by atoms with E-state index in [4.69, 9.17) is 5.11 Å². The van der Waals surface area contributed by atoms with Crippen LogP contribution in [0.25, 0.3) is 11.0 Å². The van der Waals surface area contributed by atoms with Gasteiger partial charge in [-0.15, -0.1) is 0 Å². The fourth-order valence-corrected chi connectivity index (χ4v) is 2.50. The van der Waals surface area contributed by atoms with Gasteiger partial charge in [-0.25, -0.2) is 9.59 Å². The van der Waals surface area contributed by atoms with Crippen LogP contribution in [0.2, 0.25) is 0 Å².